The van der Waals surface area contributed by atoms with Gasteiger partial charge in [-0.3, -0.25) is 9.48 Å². The molecular weight excluding hydrogens is 204 g/mol. The molecule has 0 radical (unpaired) electrons. The molecule has 0 atom stereocenters. The topological polar surface area (TPSA) is 48.0 Å². The van der Waals surface area contributed by atoms with Gasteiger partial charge in [-0.1, -0.05) is 0 Å². The predicted molar refractivity (Wildman–Crippen MR) is 59.4 cm³/mol. The molecule has 16 heavy (non-hydrogen) atoms. The zero-order chi connectivity index (χ0) is 11.7. The highest BCUT2D eigenvalue weighted by Crippen LogP contribution is 2.16. The van der Waals surface area contributed by atoms with Gasteiger partial charge in [0.25, 0.3) is 0 Å². The number of hydrogen-bond acceptors (Lipinski definition) is 3. The molecule has 2 heterocycles. The van der Waals surface area contributed by atoms with E-state index in [4.69, 9.17) is 4.42 Å². The van der Waals surface area contributed by atoms with Crippen LogP contribution in [-0.2, 0) is 13.5 Å². The first kappa shape index (κ1) is 10.7. The van der Waals surface area contributed by atoms with Gasteiger partial charge in [-0.15, -0.1) is 0 Å². The Bertz CT molecular complexity index is 523. The Labute approximate surface area is 93.9 Å². The molecule has 0 fully saturated rings. The minimum Gasteiger partial charge on any atom is -0.466 e. The maximum absolute atomic E-state index is 12.0. The van der Waals surface area contributed by atoms with Crippen molar-refractivity contribution in [3.05, 3.63) is 41.1 Å². The third-order valence-electron chi connectivity index (χ3n) is 2.46. The van der Waals surface area contributed by atoms with Gasteiger partial charge in [0.05, 0.1) is 11.8 Å². The first-order chi connectivity index (χ1) is 7.56. The molecule has 0 spiro atoms. The van der Waals surface area contributed by atoms with Gasteiger partial charge >= 0.3 is 0 Å². The largest absolute Gasteiger partial charge is 0.466 e. The lowest BCUT2D eigenvalue weighted by atomic mass is 10.1. The number of nitrogens with zero attached hydrogens (tertiary/aromatic N) is 2. The lowest BCUT2D eigenvalue weighted by molar-refractivity contribution is 0.0991. The third kappa shape index (κ3) is 2.05. The summed E-state index contributed by atoms with van der Waals surface area (Å²) >= 11 is 0. The molecule has 0 aliphatic rings. The molecule has 0 bridgehead atoms. The fraction of sp³-hybridized carbons (Fsp3) is 0.333. The predicted octanol–water partition coefficient (Wildman–Crippen LogP) is 2.06. The summed E-state index contributed by atoms with van der Waals surface area (Å²) in [5.41, 5.74) is 1.59. The number of ketones is 1. The first-order valence-electron chi connectivity index (χ1n) is 5.14. The number of aromatic nitrogens is 2. The summed E-state index contributed by atoms with van der Waals surface area (Å²) in [5, 5.41) is 4.03. The van der Waals surface area contributed by atoms with Crippen LogP contribution in [0.25, 0.3) is 0 Å². The average Bonchev–Trinajstić information content (AvgIpc) is 2.73. The van der Waals surface area contributed by atoms with E-state index < -0.39 is 0 Å². The molecule has 0 saturated carbocycles. The minimum atomic E-state index is 0.0716. The third-order valence-corrected chi connectivity index (χ3v) is 2.46. The minimum absolute atomic E-state index is 0.0716. The molecule has 0 N–H and O–H groups in total. The fourth-order valence-electron chi connectivity index (χ4n) is 1.75. The normalized spacial score (nSPS) is 10.7. The van der Waals surface area contributed by atoms with Crippen LogP contribution in [0.3, 0.4) is 0 Å². The van der Waals surface area contributed by atoms with Crippen LogP contribution in [0.1, 0.15) is 27.4 Å². The Morgan fingerprint density at radius 1 is 1.50 bits per heavy atom. The molecule has 0 unspecified atom stereocenters. The van der Waals surface area contributed by atoms with Crippen LogP contribution in [0.4, 0.5) is 0 Å². The van der Waals surface area contributed by atoms with Gasteiger partial charge in [0, 0.05) is 19.7 Å². The molecule has 4 nitrogen and oxygen atoms in total. The van der Waals surface area contributed by atoms with E-state index in [1.807, 2.05) is 27.1 Å². The number of aryl methyl sites for hydroxylation is 3. The maximum atomic E-state index is 12.0. The van der Waals surface area contributed by atoms with Gasteiger partial charge < -0.3 is 4.42 Å². The molecule has 84 valence electrons. The molecule has 0 aliphatic carbocycles. The van der Waals surface area contributed by atoms with Crippen LogP contribution in [0.15, 0.2) is 22.9 Å². The van der Waals surface area contributed by atoms with Crippen LogP contribution in [0, 0.1) is 13.8 Å². The van der Waals surface area contributed by atoms with Gasteiger partial charge in [0.2, 0.25) is 0 Å². The summed E-state index contributed by atoms with van der Waals surface area (Å²) < 4.78 is 7.03. The second-order valence-corrected chi connectivity index (χ2v) is 3.95. The standard InChI is InChI=1S/C12H14N2O2/c1-8-4-11(9(2)16-8)12(15)5-10-6-13-14(3)7-10/h4,6-7H,5H2,1-3H3. The van der Waals surface area contributed by atoms with Crippen molar-refractivity contribution in [2.24, 2.45) is 7.05 Å². The summed E-state index contributed by atoms with van der Waals surface area (Å²) in [6.45, 7) is 3.65. The van der Waals surface area contributed by atoms with Gasteiger partial charge in [0.15, 0.2) is 5.78 Å². The van der Waals surface area contributed by atoms with Crippen molar-refractivity contribution in [2.45, 2.75) is 20.3 Å². The second kappa shape index (κ2) is 3.96. The summed E-state index contributed by atoms with van der Waals surface area (Å²) in [4.78, 5) is 12.0. The lowest BCUT2D eigenvalue weighted by Gasteiger charge is -1.95. The van der Waals surface area contributed by atoms with Crippen molar-refractivity contribution >= 4 is 5.78 Å². The highest BCUT2D eigenvalue weighted by Gasteiger charge is 2.14. The van der Waals surface area contributed by atoms with E-state index in [0.29, 0.717) is 17.7 Å². The van der Waals surface area contributed by atoms with Gasteiger partial charge in [-0.05, 0) is 25.5 Å². The smallest absolute Gasteiger partial charge is 0.170 e. The SMILES string of the molecule is Cc1cc(C(=O)Cc2cnn(C)c2)c(C)o1. The van der Waals surface area contributed by atoms with Crippen molar-refractivity contribution in [1.29, 1.82) is 0 Å². The van der Waals surface area contributed by atoms with Crippen molar-refractivity contribution in [3.8, 4) is 0 Å². The first-order valence-corrected chi connectivity index (χ1v) is 5.14. The van der Waals surface area contributed by atoms with Gasteiger partial charge in [0.1, 0.15) is 11.5 Å². The Morgan fingerprint density at radius 3 is 2.75 bits per heavy atom. The number of hydrogen-bond donors (Lipinski definition) is 0. The summed E-state index contributed by atoms with van der Waals surface area (Å²) in [6.07, 6.45) is 3.92. The number of rotatable bonds is 3. The number of carbonyl (C=O) groups excluding carboxylic acids is 1. The van der Waals surface area contributed by atoms with E-state index in [9.17, 15) is 4.79 Å². The maximum Gasteiger partial charge on any atom is 0.170 e. The van der Waals surface area contributed by atoms with Gasteiger partial charge in [-0.25, -0.2) is 0 Å². The van der Waals surface area contributed by atoms with E-state index in [-0.39, 0.29) is 5.78 Å². The molecule has 0 saturated heterocycles. The summed E-state index contributed by atoms with van der Waals surface area (Å²) in [5.74, 6) is 1.53. The Kier molecular flexibility index (Phi) is 2.64. The number of carbonyl (C=O) groups is 1. The molecular formula is C12H14N2O2. The number of furan rings is 1. The number of Topliss-reactive ketones (excluding diaryl/α,β-unsaturated/α-hetero) is 1. The Hall–Kier alpha value is -1.84. The van der Waals surface area contributed by atoms with Crippen molar-refractivity contribution in [3.63, 3.8) is 0 Å². The molecule has 0 amide bonds. The van der Waals surface area contributed by atoms with Crippen LogP contribution < -0.4 is 0 Å². The monoisotopic (exact) mass is 218 g/mol. The molecule has 2 rings (SSSR count). The molecule has 2 aromatic heterocycles. The Morgan fingerprint density at radius 2 is 2.25 bits per heavy atom. The van der Waals surface area contributed by atoms with E-state index in [1.54, 1.807) is 16.9 Å². The average molecular weight is 218 g/mol. The highest BCUT2D eigenvalue weighted by atomic mass is 16.3. The van der Waals surface area contributed by atoms with Crippen LogP contribution in [-0.4, -0.2) is 15.6 Å². The van der Waals surface area contributed by atoms with Crippen LogP contribution in [0.2, 0.25) is 0 Å². The van der Waals surface area contributed by atoms with Gasteiger partial charge in [-0.2, -0.15) is 5.10 Å². The van der Waals surface area contributed by atoms with E-state index in [0.717, 1.165) is 11.3 Å². The van der Waals surface area contributed by atoms with E-state index >= 15 is 0 Å². The molecule has 4 heteroatoms. The lowest BCUT2D eigenvalue weighted by Crippen LogP contribution is -2.03. The van der Waals surface area contributed by atoms with E-state index in [1.165, 1.54) is 0 Å². The molecule has 2 aromatic rings. The van der Waals surface area contributed by atoms with Crippen LogP contribution in [0.5, 0.6) is 0 Å². The van der Waals surface area contributed by atoms with Crippen molar-refractivity contribution < 1.29 is 9.21 Å². The molecule has 0 aliphatic heterocycles. The van der Waals surface area contributed by atoms with Crippen LogP contribution >= 0.6 is 0 Å². The Balaban J connectivity index is 2.17. The molecule has 0 aromatic carbocycles. The summed E-state index contributed by atoms with van der Waals surface area (Å²) in [7, 11) is 1.83. The zero-order valence-electron chi connectivity index (χ0n) is 9.65. The quantitative estimate of drug-likeness (QED) is 0.741. The fourth-order valence-corrected chi connectivity index (χ4v) is 1.75. The summed E-state index contributed by atoms with van der Waals surface area (Å²) in [6, 6.07) is 1.79. The highest BCUT2D eigenvalue weighted by molar-refractivity contribution is 5.98. The zero-order valence-corrected chi connectivity index (χ0v) is 9.65. The van der Waals surface area contributed by atoms with Crippen molar-refractivity contribution in [2.75, 3.05) is 0 Å². The van der Waals surface area contributed by atoms with E-state index in [2.05, 4.69) is 5.10 Å². The van der Waals surface area contributed by atoms with Crippen molar-refractivity contribution in [1.82, 2.24) is 9.78 Å². The second-order valence-electron chi connectivity index (χ2n) is 3.95.